The van der Waals surface area contributed by atoms with Gasteiger partial charge in [-0.25, -0.2) is 4.98 Å². The first kappa shape index (κ1) is 13.6. The molecule has 0 radical (unpaired) electrons. The molecule has 2 aromatic rings. The molecular weight excluding hydrogens is 286 g/mol. The molecule has 0 fully saturated rings. The van der Waals surface area contributed by atoms with E-state index in [1.54, 1.807) is 24.4 Å². The number of thiazole rings is 1. The minimum Gasteiger partial charge on any atom is -0.495 e. The second-order valence-corrected chi connectivity index (χ2v) is 4.89. The van der Waals surface area contributed by atoms with Gasteiger partial charge < -0.3 is 15.4 Å². The van der Waals surface area contributed by atoms with Crippen molar-refractivity contribution >= 4 is 39.7 Å². The molecule has 0 aliphatic rings. The molecule has 2 rings (SSSR count). The van der Waals surface area contributed by atoms with Gasteiger partial charge in [0.05, 0.1) is 18.7 Å². The largest absolute Gasteiger partial charge is 0.495 e. The van der Waals surface area contributed by atoms with E-state index in [0.717, 1.165) is 0 Å². The molecule has 0 spiro atoms. The van der Waals surface area contributed by atoms with Gasteiger partial charge in [0.15, 0.2) is 5.13 Å². The molecule has 1 heterocycles. The second kappa shape index (κ2) is 6.40. The van der Waals surface area contributed by atoms with Crippen LogP contribution in [-0.2, 0) is 4.79 Å². The Morgan fingerprint density at radius 3 is 3.00 bits per heavy atom. The minimum atomic E-state index is -0.170. The highest BCUT2D eigenvalue weighted by Gasteiger charge is 2.06. The number of aromatic nitrogens is 1. The van der Waals surface area contributed by atoms with Crippen molar-refractivity contribution < 1.29 is 9.53 Å². The summed E-state index contributed by atoms with van der Waals surface area (Å²) in [6, 6.07) is 5.07. The number of anilines is 2. The number of ether oxygens (including phenoxy) is 1. The first-order chi connectivity index (χ1) is 9.19. The second-order valence-electron chi connectivity index (χ2n) is 3.59. The third kappa shape index (κ3) is 3.84. The van der Waals surface area contributed by atoms with Crippen LogP contribution < -0.4 is 15.4 Å². The van der Waals surface area contributed by atoms with E-state index in [0.29, 0.717) is 21.6 Å². The summed E-state index contributed by atoms with van der Waals surface area (Å²) in [5.74, 6) is 0.400. The van der Waals surface area contributed by atoms with Gasteiger partial charge in [0.2, 0.25) is 5.91 Å². The van der Waals surface area contributed by atoms with Crippen molar-refractivity contribution in [3.63, 3.8) is 0 Å². The van der Waals surface area contributed by atoms with E-state index >= 15 is 0 Å². The van der Waals surface area contributed by atoms with E-state index < -0.39 is 0 Å². The maximum atomic E-state index is 11.7. The van der Waals surface area contributed by atoms with Crippen LogP contribution in [0.15, 0.2) is 29.8 Å². The maximum Gasteiger partial charge on any atom is 0.243 e. The number of benzene rings is 1. The molecule has 0 saturated heterocycles. The Balaban J connectivity index is 1.90. The molecule has 1 aromatic carbocycles. The maximum absolute atomic E-state index is 11.7. The zero-order valence-electron chi connectivity index (χ0n) is 10.1. The van der Waals surface area contributed by atoms with Crippen LogP contribution in [0.5, 0.6) is 5.75 Å². The van der Waals surface area contributed by atoms with Gasteiger partial charge in [0.25, 0.3) is 0 Å². The van der Waals surface area contributed by atoms with Gasteiger partial charge in [-0.3, -0.25) is 4.79 Å². The monoisotopic (exact) mass is 297 g/mol. The Morgan fingerprint density at radius 2 is 2.37 bits per heavy atom. The van der Waals surface area contributed by atoms with E-state index in [2.05, 4.69) is 15.6 Å². The normalized spacial score (nSPS) is 10.0. The third-order valence-electron chi connectivity index (χ3n) is 2.27. The number of rotatable bonds is 5. The van der Waals surface area contributed by atoms with Gasteiger partial charge in [-0.15, -0.1) is 11.3 Å². The SMILES string of the molecule is COc1ccc(NC(=O)CNc2nccs2)cc1Cl. The Morgan fingerprint density at radius 1 is 1.53 bits per heavy atom. The van der Waals surface area contributed by atoms with Crippen molar-refractivity contribution in [1.82, 2.24) is 4.98 Å². The van der Waals surface area contributed by atoms with Crippen LogP contribution in [0.4, 0.5) is 10.8 Å². The van der Waals surface area contributed by atoms with Crippen molar-refractivity contribution in [3.05, 3.63) is 34.8 Å². The number of carbonyl (C=O) groups is 1. The molecule has 5 nitrogen and oxygen atoms in total. The zero-order valence-corrected chi connectivity index (χ0v) is 11.7. The number of nitrogens with one attached hydrogen (secondary N) is 2. The van der Waals surface area contributed by atoms with Crippen molar-refractivity contribution in [2.24, 2.45) is 0 Å². The molecule has 0 unspecified atom stereocenters. The Hall–Kier alpha value is -1.79. The lowest BCUT2D eigenvalue weighted by atomic mass is 10.3. The lowest BCUT2D eigenvalue weighted by Crippen LogP contribution is -2.21. The van der Waals surface area contributed by atoms with Crippen molar-refractivity contribution in [2.75, 3.05) is 24.3 Å². The highest BCUT2D eigenvalue weighted by molar-refractivity contribution is 7.13. The summed E-state index contributed by atoms with van der Waals surface area (Å²) in [7, 11) is 1.54. The molecule has 0 aliphatic carbocycles. The number of hydrogen-bond acceptors (Lipinski definition) is 5. The Kier molecular flexibility index (Phi) is 4.59. The van der Waals surface area contributed by atoms with Crippen LogP contribution in [0.1, 0.15) is 0 Å². The minimum absolute atomic E-state index is 0.150. The predicted molar refractivity (Wildman–Crippen MR) is 77.2 cm³/mol. The first-order valence-electron chi connectivity index (χ1n) is 5.46. The fourth-order valence-corrected chi connectivity index (χ4v) is 2.20. The molecule has 19 heavy (non-hydrogen) atoms. The summed E-state index contributed by atoms with van der Waals surface area (Å²) >= 11 is 7.41. The number of carbonyl (C=O) groups excluding carboxylic acids is 1. The molecule has 1 amide bonds. The fraction of sp³-hybridized carbons (Fsp3) is 0.167. The predicted octanol–water partition coefficient (Wildman–Crippen LogP) is 2.86. The van der Waals surface area contributed by atoms with Gasteiger partial charge in [0.1, 0.15) is 5.75 Å². The molecular formula is C12H12ClN3O2S. The number of nitrogens with zero attached hydrogens (tertiary/aromatic N) is 1. The lowest BCUT2D eigenvalue weighted by molar-refractivity contribution is -0.114. The van der Waals surface area contributed by atoms with Crippen molar-refractivity contribution in [1.29, 1.82) is 0 Å². The fourth-order valence-electron chi connectivity index (χ4n) is 1.42. The molecule has 7 heteroatoms. The average molecular weight is 298 g/mol. The van der Waals surface area contributed by atoms with E-state index in [-0.39, 0.29) is 12.5 Å². The summed E-state index contributed by atoms with van der Waals surface area (Å²) in [6.07, 6.45) is 1.67. The van der Waals surface area contributed by atoms with Crippen LogP contribution in [0, 0.1) is 0 Å². The van der Waals surface area contributed by atoms with Crippen LogP contribution in [0.2, 0.25) is 5.02 Å². The number of halogens is 1. The van der Waals surface area contributed by atoms with Crippen LogP contribution in [0.3, 0.4) is 0 Å². The van der Waals surface area contributed by atoms with Gasteiger partial charge in [-0.1, -0.05) is 11.6 Å². The third-order valence-corrected chi connectivity index (χ3v) is 3.29. The molecule has 0 bridgehead atoms. The summed E-state index contributed by atoms with van der Waals surface area (Å²) in [5, 5.41) is 8.65. The molecule has 2 N–H and O–H groups in total. The quantitative estimate of drug-likeness (QED) is 0.891. The molecule has 0 aliphatic heterocycles. The van der Waals surface area contributed by atoms with Gasteiger partial charge in [-0.2, -0.15) is 0 Å². The van der Waals surface area contributed by atoms with E-state index in [1.807, 2.05) is 5.38 Å². The standard InChI is InChI=1S/C12H12ClN3O2S/c1-18-10-3-2-8(6-9(10)13)16-11(17)7-15-12-14-4-5-19-12/h2-6H,7H2,1H3,(H,14,15)(H,16,17). The summed E-state index contributed by atoms with van der Waals surface area (Å²) in [5.41, 5.74) is 0.622. The number of hydrogen-bond donors (Lipinski definition) is 2. The van der Waals surface area contributed by atoms with Crippen molar-refractivity contribution in [3.8, 4) is 5.75 Å². The lowest BCUT2D eigenvalue weighted by Gasteiger charge is -2.08. The number of methoxy groups -OCH3 is 1. The van der Waals surface area contributed by atoms with Crippen molar-refractivity contribution in [2.45, 2.75) is 0 Å². The Labute approximate surface area is 119 Å². The molecule has 0 saturated carbocycles. The van der Waals surface area contributed by atoms with Gasteiger partial charge in [0, 0.05) is 17.3 Å². The Bertz CT molecular complexity index is 560. The molecule has 1 aromatic heterocycles. The summed E-state index contributed by atoms with van der Waals surface area (Å²) in [4.78, 5) is 15.7. The van der Waals surface area contributed by atoms with Crippen LogP contribution in [0.25, 0.3) is 0 Å². The van der Waals surface area contributed by atoms with Gasteiger partial charge >= 0.3 is 0 Å². The molecule has 100 valence electrons. The first-order valence-corrected chi connectivity index (χ1v) is 6.71. The average Bonchev–Trinajstić information content (AvgIpc) is 2.90. The topological polar surface area (TPSA) is 63.2 Å². The smallest absolute Gasteiger partial charge is 0.243 e. The van der Waals surface area contributed by atoms with E-state index in [4.69, 9.17) is 16.3 Å². The van der Waals surface area contributed by atoms with Crippen LogP contribution >= 0.6 is 22.9 Å². The molecule has 0 atom stereocenters. The summed E-state index contributed by atoms with van der Waals surface area (Å²) in [6.45, 7) is 0.150. The summed E-state index contributed by atoms with van der Waals surface area (Å²) < 4.78 is 5.04. The number of amides is 1. The van der Waals surface area contributed by atoms with E-state index in [9.17, 15) is 4.79 Å². The van der Waals surface area contributed by atoms with Crippen LogP contribution in [-0.4, -0.2) is 24.5 Å². The van der Waals surface area contributed by atoms with E-state index in [1.165, 1.54) is 18.4 Å². The zero-order chi connectivity index (χ0) is 13.7. The highest BCUT2D eigenvalue weighted by atomic mass is 35.5. The van der Waals surface area contributed by atoms with Gasteiger partial charge in [-0.05, 0) is 18.2 Å². The highest BCUT2D eigenvalue weighted by Crippen LogP contribution is 2.27.